The van der Waals surface area contributed by atoms with Crippen molar-refractivity contribution < 1.29 is 4.79 Å². The van der Waals surface area contributed by atoms with E-state index in [1.165, 1.54) is 11.1 Å². The minimum absolute atomic E-state index is 0.182. The summed E-state index contributed by atoms with van der Waals surface area (Å²) >= 11 is 11.2. The van der Waals surface area contributed by atoms with Crippen LogP contribution in [-0.2, 0) is 4.79 Å². The van der Waals surface area contributed by atoms with Crippen LogP contribution < -0.4 is 0 Å². The predicted molar refractivity (Wildman–Crippen MR) is 77.9 cm³/mol. The smallest absolute Gasteiger partial charge is 0.224 e. The fourth-order valence-corrected chi connectivity index (χ4v) is 1.70. The molecular weight excluding hydrogens is 287 g/mol. The standard InChI is InChI=1S/C12H14Cl2N4O/c1-18(11(19)4-5-13)10(12(14)15)8-17-9-3-2-6-16-7-9/h2-3,6-8,10,15H,4-5H2,1H3. The van der Waals surface area contributed by atoms with Gasteiger partial charge in [-0.3, -0.25) is 20.2 Å². The molecule has 1 heterocycles. The highest BCUT2D eigenvalue weighted by atomic mass is 35.5. The highest BCUT2D eigenvalue weighted by Gasteiger charge is 2.20. The molecule has 102 valence electrons. The molecule has 7 heteroatoms. The van der Waals surface area contributed by atoms with Crippen molar-refractivity contribution in [1.29, 1.82) is 5.41 Å². The molecule has 0 aliphatic carbocycles. The predicted octanol–water partition coefficient (Wildman–Crippen LogP) is 2.46. The number of hydrogen-bond donors (Lipinski definition) is 1. The lowest BCUT2D eigenvalue weighted by Crippen LogP contribution is -2.41. The molecule has 5 nitrogen and oxygen atoms in total. The molecular formula is C12H14Cl2N4O. The molecule has 1 amide bonds. The number of nitrogens with zero attached hydrogens (tertiary/aromatic N) is 3. The maximum atomic E-state index is 11.7. The molecule has 0 fully saturated rings. The Morgan fingerprint density at radius 3 is 2.95 bits per heavy atom. The number of alkyl halides is 1. The van der Waals surface area contributed by atoms with E-state index < -0.39 is 6.04 Å². The van der Waals surface area contributed by atoms with Crippen molar-refractivity contribution in [3.8, 4) is 0 Å². The first-order valence-electron chi connectivity index (χ1n) is 5.56. The van der Waals surface area contributed by atoms with Crippen LogP contribution in [0.5, 0.6) is 0 Å². The van der Waals surface area contributed by atoms with E-state index in [1.807, 2.05) is 0 Å². The van der Waals surface area contributed by atoms with Crippen LogP contribution in [0.1, 0.15) is 6.42 Å². The summed E-state index contributed by atoms with van der Waals surface area (Å²) in [6.07, 6.45) is 4.85. The van der Waals surface area contributed by atoms with Crippen LogP contribution >= 0.6 is 23.2 Å². The maximum Gasteiger partial charge on any atom is 0.224 e. The highest BCUT2D eigenvalue weighted by molar-refractivity contribution is 6.67. The second-order valence-electron chi connectivity index (χ2n) is 3.73. The van der Waals surface area contributed by atoms with Gasteiger partial charge in [0.05, 0.1) is 11.9 Å². The SMILES string of the molecule is CN(C(=O)CCCl)C(C=Nc1cccnc1)C(=N)Cl. The van der Waals surface area contributed by atoms with Crippen LogP contribution in [0.15, 0.2) is 29.5 Å². The number of hydrogen-bond acceptors (Lipinski definition) is 4. The van der Waals surface area contributed by atoms with Crippen molar-refractivity contribution in [3.05, 3.63) is 24.5 Å². The monoisotopic (exact) mass is 300 g/mol. The summed E-state index contributed by atoms with van der Waals surface area (Å²) < 4.78 is 0. The Balaban J connectivity index is 2.81. The van der Waals surface area contributed by atoms with Gasteiger partial charge >= 0.3 is 0 Å². The second kappa shape index (κ2) is 7.86. The van der Waals surface area contributed by atoms with Crippen molar-refractivity contribution in [1.82, 2.24) is 9.88 Å². The molecule has 0 bridgehead atoms. The van der Waals surface area contributed by atoms with Crippen molar-refractivity contribution in [2.75, 3.05) is 12.9 Å². The van der Waals surface area contributed by atoms with Gasteiger partial charge in [0.25, 0.3) is 0 Å². The summed E-state index contributed by atoms with van der Waals surface area (Å²) in [5.74, 6) is 0.0358. The zero-order valence-corrected chi connectivity index (χ0v) is 11.9. The number of carbonyl (C=O) groups is 1. The minimum Gasteiger partial charge on any atom is -0.331 e. The number of nitrogens with one attached hydrogen (secondary N) is 1. The van der Waals surface area contributed by atoms with E-state index >= 15 is 0 Å². The Morgan fingerprint density at radius 1 is 1.68 bits per heavy atom. The summed E-state index contributed by atoms with van der Waals surface area (Å²) in [5.41, 5.74) is 0.628. The summed E-state index contributed by atoms with van der Waals surface area (Å²) in [7, 11) is 1.56. The van der Waals surface area contributed by atoms with Gasteiger partial charge < -0.3 is 4.90 Å². The van der Waals surface area contributed by atoms with Crippen LogP contribution in [0.25, 0.3) is 0 Å². The molecule has 0 aliphatic heterocycles. The molecule has 1 atom stereocenters. The lowest BCUT2D eigenvalue weighted by atomic mass is 10.2. The van der Waals surface area contributed by atoms with Gasteiger partial charge in [0.1, 0.15) is 11.2 Å². The van der Waals surface area contributed by atoms with E-state index in [1.54, 1.807) is 31.6 Å². The van der Waals surface area contributed by atoms with Crippen LogP contribution in [0.4, 0.5) is 5.69 Å². The molecule has 1 rings (SSSR count). The molecule has 0 spiro atoms. The Kier molecular flexibility index (Phi) is 6.45. The van der Waals surface area contributed by atoms with E-state index in [9.17, 15) is 4.79 Å². The van der Waals surface area contributed by atoms with Gasteiger partial charge in [0.2, 0.25) is 5.91 Å². The summed E-state index contributed by atoms with van der Waals surface area (Å²) in [5, 5.41) is 7.32. The zero-order chi connectivity index (χ0) is 14.3. The molecule has 0 saturated carbocycles. The van der Waals surface area contributed by atoms with E-state index in [0.29, 0.717) is 5.69 Å². The molecule has 19 heavy (non-hydrogen) atoms. The summed E-state index contributed by atoms with van der Waals surface area (Å²) in [6, 6.07) is 2.81. The normalized spacial score (nSPS) is 12.4. The number of carbonyl (C=O) groups excluding carboxylic acids is 1. The lowest BCUT2D eigenvalue weighted by molar-refractivity contribution is -0.129. The van der Waals surface area contributed by atoms with Crippen molar-refractivity contribution in [2.45, 2.75) is 12.5 Å². The van der Waals surface area contributed by atoms with Gasteiger partial charge in [-0.25, -0.2) is 0 Å². The average Bonchev–Trinajstić information content (AvgIpc) is 2.39. The van der Waals surface area contributed by atoms with E-state index in [2.05, 4.69) is 9.98 Å². The first-order valence-corrected chi connectivity index (χ1v) is 6.47. The van der Waals surface area contributed by atoms with Gasteiger partial charge in [-0.15, -0.1) is 11.6 Å². The van der Waals surface area contributed by atoms with E-state index in [-0.39, 0.29) is 23.4 Å². The van der Waals surface area contributed by atoms with Crippen molar-refractivity contribution in [2.24, 2.45) is 4.99 Å². The number of pyridine rings is 1. The quantitative estimate of drug-likeness (QED) is 0.647. The van der Waals surface area contributed by atoms with Gasteiger partial charge in [0, 0.05) is 31.8 Å². The van der Waals surface area contributed by atoms with E-state index in [4.69, 9.17) is 28.6 Å². The van der Waals surface area contributed by atoms with E-state index in [0.717, 1.165) is 0 Å². The van der Waals surface area contributed by atoms with Crippen LogP contribution in [0.2, 0.25) is 0 Å². The van der Waals surface area contributed by atoms with Crippen LogP contribution in [0.3, 0.4) is 0 Å². The number of aliphatic imine (C=N–C) groups is 1. The van der Waals surface area contributed by atoms with Crippen molar-refractivity contribution in [3.63, 3.8) is 0 Å². The third-order valence-electron chi connectivity index (χ3n) is 2.39. The molecule has 1 aromatic heterocycles. The number of rotatable bonds is 6. The van der Waals surface area contributed by atoms with Crippen LogP contribution in [0, 0.1) is 5.41 Å². The maximum absolute atomic E-state index is 11.7. The average molecular weight is 301 g/mol. The van der Waals surface area contributed by atoms with Gasteiger partial charge in [-0.2, -0.15) is 0 Å². The van der Waals surface area contributed by atoms with Gasteiger partial charge in [-0.05, 0) is 12.1 Å². The fraction of sp³-hybridized carbons (Fsp3) is 0.333. The Hall–Kier alpha value is -1.46. The Morgan fingerprint density at radius 2 is 2.42 bits per heavy atom. The molecule has 1 N–H and O–H groups in total. The lowest BCUT2D eigenvalue weighted by Gasteiger charge is -2.23. The Labute approximate surface area is 121 Å². The largest absolute Gasteiger partial charge is 0.331 e. The summed E-state index contributed by atoms with van der Waals surface area (Å²) in [4.78, 5) is 21.1. The molecule has 1 unspecified atom stereocenters. The van der Waals surface area contributed by atoms with Crippen LogP contribution in [-0.4, -0.2) is 46.1 Å². The minimum atomic E-state index is -0.697. The summed E-state index contributed by atoms with van der Waals surface area (Å²) in [6.45, 7) is 0. The number of aromatic nitrogens is 1. The van der Waals surface area contributed by atoms with Crippen molar-refractivity contribution >= 4 is 46.2 Å². The van der Waals surface area contributed by atoms with Gasteiger partial charge in [0.15, 0.2) is 0 Å². The fourth-order valence-electron chi connectivity index (χ4n) is 1.33. The molecule has 0 saturated heterocycles. The zero-order valence-electron chi connectivity index (χ0n) is 10.4. The molecule has 0 radical (unpaired) electrons. The second-order valence-corrected chi connectivity index (χ2v) is 4.51. The third-order valence-corrected chi connectivity index (χ3v) is 2.80. The number of amides is 1. The molecule has 1 aromatic rings. The highest BCUT2D eigenvalue weighted by Crippen LogP contribution is 2.09. The first kappa shape index (κ1) is 15.6. The molecule has 0 aliphatic rings. The molecule has 0 aromatic carbocycles. The first-order chi connectivity index (χ1) is 9.06. The van der Waals surface area contributed by atoms with Gasteiger partial charge in [-0.1, -0.05) is 11.6 Å². The number of halogens is 2. The third kappa shape index (κ3) is 4.96. The Bertz CT molecular complexity index is 464. The topological polar surface area (TPSA) is 69.4 Å².